The van der Waals surface area contributed by atoms with Crippen LogP contribution in [-0.2, 0) is 4.79 Å². The minimum absolute atomic E-state index is 0.0139. The number of hydrogen-bond donors (Lipinski definition) is 1. The summed E-state index contributed by atoms with van der Waals surface area (Å²) in [6, 6.07) is 5.51. The molecule has 0 aromatic heterocycles. The van der Waals surface area contributed by atoms with Gasteiger partial charge in [0, 0.05) is 24.6 Å². The van der Waals surface area contributed by atoms with Gasteiger partial charge in [0.15, 0.2) is 0 Å². The molecule has 1 aromatic carbocycles. The van der Waals surface area contributed by atoms with Gasteiger partial charge in [0.2, 0.25) is 0 Å². The van der Waals surface area contributed by atoms with Crippen molar-refractivity contribution < 1.29 is 19.1 Å². The third-order valence-corrected chi connectivity index (χ3v) is 3.37. The zero-order valence-corrected chi connectivity index (χ0v) is 9.97. The van der Waals surface area contributed by atoms with E-state index in [0.29, 0.717) is 18.7 Å². The van der Waals surface area contributed by atoms with Crippen LogP contribution < -0.4 is 0 Å². The highest BCUT2D eigenvalue weighted by atomic mass is 19.1. The van der Waals surface area contributed by atoms with Gasteiger partial charge in [-0.3, -0.25) is 9.59 Å². The Morgan fingerprint density at radius 3 is 2.67 bits per heavy atom. The number of benzene rings is 1. The van der Waals surface area contributed by atoms with Crippen LogP contribution in [0.2, 0.25) is 0 Å². The molecule has 1 aliphatic heterocycles. The number of amides is 1. The van der Waals surface area contributed by atoms with Crippen LogP contribution in [0.5, 0.6) is 0 Å². The summed E-state index contributed by atoms with van der Waals surface area (Å²) in [6.07, 6.45) is 0. The van der Waals surface area contributed by atoms with E-state index in [-0.39, 0.29) is 11.8 Å². The van der Waals surface area contributed by atoms with E-state index in [1.165, 1.54) is 18.2 Å². The number of aliphatic carboxylic acids is 1. The summed E-state index contributed by atoms with van der Waals surface area (Å²) in [5, 5.41) is 8.84. The van der Waals surface area contributed by atoms with Crippen molar-refractivity contribution in [2.24, 2.45) is 11.8 Å². The smallest absolute Gasteiger partial charge is 0.306 e. The molecule has 0 aliphatic carbocycles. The fourth-order valence-electron chi connectivity index (χ4n) is 2.00. The number of rotatable bonds is 3. The van der Waals surface area contributed by atoms with Crippen molar-refractivity contribution in [2.75, 3.05) is 13.1 Å². The van der Waals surface area contributed by atoms with Gasteiger partial charge in [0.25, 0.3) is 5.91 Å². The molecule has 4 nitrogen and oxygen atoms in total. The van der Waals surface area contributed by atoms with E-state index in [9.17, 15) is 14.0 Å². The fourth-order valence-corrected chi connectivity index (χ4v) is 2.00. The van der Waals surface area contributed by atoms with Crippen LogP contribution in [0.3, 0.4) is 0 Å². The first-order valence-corrected chi connectivity index (χ1v) is 5.76. The van der Waals surface area contributed by atoms with Gasteiger partial charge >= 0.3 is 5.97 Å². The van der Waals surface area contributed by atoms with Crippen molar-refractivity contribution in [2.45, 2.75) is 6.92 Å². The predicted molar refractivity (Wildman–Crippen MR) is 62.6 cm³/mol. The van der Waals surface area contributed by atoms with Gasteiger partial charge in [0.1, 0.15) is 5.82 Å². The Morgan fingerprint density at radius 1 is 1.44 bits per heavy atom. The maximum Gasteiger partial charge on any atom is 0.306 e. The van der Waals surface area contributed by atoms with E-state index in [1.807, 2.05) is 0 Å². The highest BCUT2D eigenvalue weighted by molar-refractivity contribution is 5.94. The van der Waals surface area contributed by atoms with Gasteiger partial charge in [-0.05, 0) is 18.2 Å². The van der Waals surface area contributed by atoms with Crippen LogP contribution in [0.15, 0.2) is 24.3 Å². The molecule has 18 heavy (non-hydrogen) atoms. The topological polar surface area (TPSA) is 57.6 Å². The second-order valence-corrected chi connectivity index (χ2v) is 4.61. The molecule has 1 amide bonds. The Morgan fingerprint density at radius 2 is 2.11 bits per heavy atom. The molecule has 1 unspecified atom stereocenters. The lowest BCUT2D eigenvalue weighted by atomic mass is 9.86. The molecule has 1 heterocycles. The van der Waals surface area contributed by atoms with E-state index in [4.69, 9.17) is 5.11 Å². The highest BCUT2D eigenvalue weighted by Gasteiger charge is 2.37. The molecule has 2 rings (SSSR count). The average Bonchev–Trinajstić information content (AvgIpc) is 2.26. The van der Waals surface area contributed by atoms with Gasteiger partial charge in [-0.2, -0.15) is 0 Å². The second-order valence-electron chi connectivity index (χ2n) is 4.61. The fraction of sp³-hybridized carbons (Fsp3) is 0.385. The van der Waals surface area contributed by atoms with Crippen molar-refractivity contribution in [3.8, 4) is 0 Å². The Bertz CT molecular complexity index is 483. The molecular weight excluding hydrogens is 237 g/mol. The normalized spacial score (nSPS) is 17.1. The third-order valence-electron chi connectivity index (χ3n) is 3.37. The van der Waals surface area contributed by atoms with Crippen molar-refractivity contribution >= 4 is 11.9 Å². The van der Waals surface area contributed by atoms with Crippen molar-refractivity contribution in [3.05, 3.63) is 35.6 Å². The summed E-state index contributed by atoms with van der Waals surface area (Å²) < 4.78 is 13.0. The Kier molecular flexibility index (Phi) is 3.32. The Balaban J connectivity index is 1.96. The molecule has 0 saturated carbocycles. The number of carboxylic acid groups (broad SMARTS) is 1. The van der Waals surface area contributed by atoms with Gasteiger partial charge in [0.05, 0.1) is 5.92 Å². The van der Waals surface area contributed by atoms with E-state index in [0.717, 1.165) is 0 Å². The SMILES string of the molecule is CC(C(=O)O)C1CN(C(=O)c2cccc(F)c2)C1. The second kappa shape index (κ2) is 4.76. The molecule has 1 fully saturated rings. The monoisotopic (exact) mass is 251 g/mol. The maximum absolute atomic E-state index is 13.0. The number of halogens is 1. The number of carbonyl (C=O) groups excluding carboxylic acids is 1. The summed E-state index contributed by atoms with van der Waals surface area (Å²) in [5.74, 6) is -2.01. The zero-order valence-electron chi connectivity index (χ0n) is 9.97. The lowest BCUT2D eigenvalue weighted by Crippen LogP contribution is -2.53. The lowest BCUT2D eigenvalue weighted by Gasteiger charge is -2.41. The number of carboxylic acids is 1. The van der Waals surface area contributed by atoms with E-state index in [2.05, 4.69) is 0 Å². The molecule has 0 bridgehead atoms. The summed E-state index contributed by atoms with van der Waals surface area (Å²) in [5.41, 5.74) is 0.302. The molecule has 1 aromatic rings. The first-order valence-electron chi connectivity index (χ1n) is 5.76. The Hall–Kier alpha value is -1.91. The molecule has 0 radical (unpaired) electrons. The van der Waals surface area contributed by atoms with Gasteiger partial charge in [-0.25, -0.2) is 4.39 Å². The van der Waals surface area contributed by atoms with Crippen LogP contribution >= 0.6 is 0 Å². The largest absolute Gasteiger partial charge is 0.481 e. The molecular formula is C13H14FNO3. The van der Waals surface area contributed by atoms with E-state index < -0.39 is 17.7 Å². The minimum Gasteiger partial charge on any atom is -0.481 e. The van der Waals surface area contributed by atoms with E-state index in [1.54, 1.807) is 17.9 Å². The average molecular weight is 251 g/mol. The van der Waals surface area contributed by atoms with Crippen molar-refractivity contribution in [1.29, 1.82) is 0 Å². The van der Waals surface area contributed by atoms with Crippen molar-refractivity contribution in [1.82, 2.24) is 4.90 Å². The van der Waals surface area contributed by atoms with E-state index >= 15 is 0 Å². The first kappa shape index (κ1) is 12.5. The number of carbonyl (C=O) groups is 2. The molecule has 1 N–H and O–H groups in total. The number of hydrogen-bond acceptors (Lipinski definition) is 2. The number of likely N-dealkylation sites (tertiary alicyclic amines) is 1. The molecule has 5 heteroatoms. The Labute approximate surface area is 104 Å². The quantitative estimate of drug-likeness (QED) is 0.888. The summed E-state index contributed by atoms with van der Waals surface area (Å²) in [4.78, 5) is 24.2. The number of nitrogens with zero attached hydrogens (tertiary/aromatic N) is 1. The summed E-state index contributed by atoms with van der Waals surface area (Å²) in [6.45, 7) is 2.47. The van der Waals surface area contributed by atoms with Gasteiger partial charge in [-0.1, -0.05) is 13.0 Å². The van der Waals surface area contributed by atoms with Crippen LogP contribution in [-0.4, -0.2) is 35.0 Å². The predicted octanol–water partition coefficient (Wildman–Crippen LogP) is 1.62. The standard InChI is InChI=1S/C13H14FNO3/c1-8(13(17)18)10-6-15(7-10)12(16)9-3-2-4-11(14)5-9/h2-5,8,10H,6-7H2,1H3,(H,17,18). The lowest BCUT2D eigenvalue weighted by molar-refractivity contribution is -0.144. The summed E-state index contributed by atoms with van der Waals surface area (Å²) in [7, 11) is 0. The molecule has 1 atom stereocenters. The van der Waals surface area contributed by atoms with Gasteiger partial charge in [-0.15, -0.1) is 0 Å². The zero-order chi connectivity index (χ0) is 13.3. The van der Waals surface area contributed by atoms with Crippen LogP contribution in [0.4, 0.5) is 4.39 Å². The maximum atomic E-state index is 13.0. The minimum atomic E-state index is -0.849. The van der Waals surface area contributed by atoms with Crippen LogP contribution in [0, 0.1) is 17.7 Å². The summed E-state index contributed by atoms with van der Waals surface area (Å²) >= 11 is 0. The van der Waals surface area contributed by atoms with Gasteiger partial charge < -0.3 is 10.0 Å². The van der Waals surface area contributed by atoms with Crippen molar-refractivity contribution in [3.63, 3.8) is 0 Å². The first-order chi connectivity index (χ1) is 8.49. The molecule has 0 spiro atoms. The van der Waals surface area contributed by atoms with Crippen LogP contribution in [0.1, 0.15) is 17.3 Å². The molecule has 1 saturated heterocycles. The molecule has 1 aliphatic rings. The van der Waals surface area contributed by atoms with Crippen LogP contribution in [0.25, 0.3) is 0 Å². The third kappa shape index (κ3) is 2.34. The highest BCUT2D eigenvalue weighted by Crippen LogP contribution is 2.25. The molecule has 96 valence electrons.